The Morgan fingerprint density at radius 1 is 1.16 bits per heavy atom. The van der Waals surface area contributed by atoms with E-state index < -0.39 is 0 Å². The Morgan fingerprint density at radius 3 is 2.63 bits per heavy atom. The molecule has 2 aromatic rings. The fourth-order valence-electron chi connectivity index (χ4n) is 3.87. The van der Waals surface area contributed by atoms with Crippen LogP contribution in [0.3, 0.4) is 0 Å². The van der Waals surface area contributed by atoms with Gasteiger partial charge in [0.2, 0.25) is 0 Å². The molecule has 2 bridgehead atoms. The zero-order valence-corrected chi connectivity index (χ0v) is 11.1. The lowest BCUT2D eigenvalue weighted by Crippen LogP contribution is -2.46. The van der Waals surface area contributed by atoms with Gasteiger partial charge in [-0.25, -0.2) is 0 Å². The first-order valence-corrected chi connectivity index (χ1v) is 7.28. The van der Waals surface area contributed by atoms with Gasteiger partial charge in [-0.05, 0) is 37.8 Å². The molecular formula is C16H20N2O. The predicted octanol–water partition coefficient (Wildman–Crippen LogP) is 2.89. The third kappa shape index (κ3) is 1.97. The van der Waals surface area contributed by atoms with Gasteiger partial charge in [0.05, 0.1) is 6.54 Å². The summed E-state index contributed by atoms with van der Waals surface area (Å²) in [6, 6.07) is 12.2. The van der Waals surface area contributed by atoms with Crippen molar-refractivity contribution in [2.24, 2.45) is 5.73 Å². The van der Waals surface area contributed by atoms with Crippen LogP contribution in [0.2, 0.25) is 0 Å². The molecule has 3 nitrogen and oxygen atoms in total. The van der Waals surface area contributed by atoms with Crippen LogP contribution in [0.15, 0.2) is 34.7 Å². The van der Waals surface area contributed by atoms with Gasteiger partial charge in [0.1, 0.15) is 11.3 Å². The normalized spacial score (nSPS) is 31.1. The summed E-state index contributed by atoms with van der Waals surface area (Å²) in [7, 11) is 0. The van der Waals surface area contributed by atoms with Gasteiger partial charge >= 0.3 is 0 Å². The standard InChI is InChI=1S/C16H20N2O/c17-12-8-13-5-6-14(9-12)18(13)10-15-7-11-3-1-2-4-16(11)19-15/h1-4,7,12-14H,5-6,8-10,17H2. The van der Waals surface area contributed by atoms with E-state index in [0.29, 0.717) is 18.1 Å². The fraction of sp³-hybridized carbons (Fsp3) is 0.500. The van der Waals surface area contributed by atoms with Crippen molar-refractivity contribution in [1.29, 1.82) is 0 Å². The van der Waals surface area contributed by atoms with Crippen LogP contribution in [-0.2, 0) is 6.54 Å². The van der Waals surface area contributed by atoms with Crippen molar-refractivity contribution in [3.05, 3.63) is 36.1 Å². The summed E-state index contributed by atoms with van der Waals surface area (Å²) in [6.07, 6.45) is 4.91. The molecule has 0 aliphatic carbocycles. The highest BCUT2D eigenvalue weighted by Gasteiger charge is 2.39. The summed E-state index contributed by atoms with van der Waals surface area (Å²) < 4.78 is 5.95. The number of rotatable bonds is 2. The molecule has 2 aliphatic heterocycles. The second-order valence-corrected chi connectivity index (χ2v) is 6.04. The van der Waals surface area contributed by atoms with Crippen molar-refractivity contribution in [3.8, 4) is 0 Å². The molecule has 100 valence electrons. The van der Waals surface area contributed by atoms with Crippen molar-refractivity contribution < 1.29 is 4.42 Å². The number of furan rings is 1. The van der Waals surface area contributed by atoms with Gasteiger partial charge in [-0.15, -0.1) is 0 Å². The SMILES string of the molecule is NC1CC2CCC(C1)N2Cc1cc2ccccc2o1. The van der Waals surface area contributed by atoms with E-state index in [1.807, 2.05) is 12.1 Å². The molecule has 1 aromatic carbocycles. The van der Waals surface area contributed by atoms with E-state index in [2.05, 4.69) is 23.1 Å². The van der Waals surface area contributed by atoms with Crippen LogP contribution in [0.1, 0.15) is 31.4 Å². The number of nitrogens with two attached hydrogens (primary N) is 1. The monoisotopic (exact) mass is 256 g/mol. The molecule has 19 heavy (non-hydrogen) atoms. The molecule has 3 heterocycles. The van der Waals surface area contributed by atoms with E-state index in [4.69, 9.17) is 10.2 Å². The minimum atomic E-state index is 0.407. The van der Waals surface area contributed by atoms with E-state index >= 15 is 0 Å². The molecule has 0 amide bonds. The van der Waals surface area contributed by atoms with E-state index in [9.17, 15) is 0 Å². The second kappa shape index (κ2) is 4.36. The third-order valence-electron chi connectivity index (χ3n) is 4.74. The second-order valence-electron chi connectivity index (χ2n) is 6.04. The van der Waals surface area contributed by atoms with Crippen LogP contribution in [0, 0.1) is 0 Å². The van der Waals surface area contributed by atoms with Gasteiger partial charge < -0.3 is 10.2 Å². The molecule has 4 rings (SSSR count). The van der Waals surface area contributed by atoms with Crippen LogP contribution in [0.25, 0.3) is 11.0 Å². The van der Waals surface area contributed by atoms with Crippen molar-refractivity contribution in [2.45, 2.75) is 50.4 Å². The van der Waals surface area contributed by atoms with Crippen LogP contribution in [0.4, 0.5) is 0 Å². The largest absolute Gasteiger partial charge is 0.460 e. The average Bonchev–Trinajstić information content (AvgIpc) is 2.90. The van der Waals surface area contributed by atoms with E-state index in [1.165, 1.54) is 18.2 Å². The summed E-state index contributed by atoms with van der Waals surface area (Å²) in [5.41, 5.74) is 7.12. The first-order valence-electron chi connectivity index (χ1n) is 7.28. The summed E-state index contributed by atoms with van der Waals surface area (Å²) in [5, 5.41) is 1.21. The Bertz CT molecular complexity index is 544. The Kier molecular flexibility index (Phi) is 2.64. The molecule has 0 spiro atoms. The lowest BCUT2D eigenvalue weighted by Gasteiger charge is -2.37. The first-order chi connectivity index (χ1) is 9.29. The molecule has 2 aliphatic rings. The number of benzene rings is 1. The number of fused-ring (bicyclic) bond motifs is 3. The molecule has 2 atom stereocenters. The van der Waals surface area contributed by atoms with E-state index in [-0.39, 0.29) is 0 Å². The maximum absolute atomic E-state index is 6.12. The molecule has 2 fully saturated rings. The smallest absolute Gasteiger partial charge is 0.134 e. The first kappa shape index (κ1) is 11.5. The minimum absolute atomic E-state index is 0.407. The van der Waals surface area contributed by atoms with E-state index in [0.717, 1.165) is 30.7 Å². The van der Waals surface area contributed by atoms with Gasteiger partial charge in [0.25, 0.3) is 0 Å². The molecule has 2 N–H and O–H groups in total. The molecule has 1 aromatic heterocycles. The zero-order valence-electron chi connectivity index (χ0n) is 11.1. The van der Waals surface area contributed by atoms with E-state index in [1.54, 1.807) is 0 Å². The fourth-order valence-corrected chi connectivity index (χ4v) is 3.87. The Balaban J connectivity index is 1.58. The van der Waals surface area contributed by atoms with Gasteiger partial charge in [0, 0.05) is 23.5 Å². The van der Waals surface area contributed by atoms with Crippen molar-refractivity contribution in [3.63, 3.8) is 0 Å². The zero-order chi connectivity index (χ0) is 12.8. The topological polar surface area (TPSA) is 42.4 Å². The van der Waals surface area contributed by atoms with Crippen LogP contribution < -0.4 is 5.73 Å². The number of hydrogen-bond acceptors (Lipinski definition) is 3. The Morgan fingerprint density at radius 2 is 1.89 bits per heavy atom. The summed E-state index contributed by atoms with van der Waals surface area (Å²) >= 11 is 0. The Hall–Kier alpha value is -1.32. The molecule has 0 saturated carbocycles. The molecule has 3 heteroatoms. The number of para-hydroxylation sites is 1. The molecule has 2 unspecified atom stereocenters. The molecular weight excluding hydrogens is 236 g/mol. The minimum Gasteiger partial charge on any atom is -0.460 e. The van der Waals surface area contributed by atoms with Crippen molar-refractivity contribution in [1.82, 2.24) is 4.90 Å². The molecule has 0 radical (unpaired) electrons. The van der Waals surface area contributed by atoms with Gasteiger partial charge in [0.15, 0.2) is 0 Å². The number of nitrogens with zero attached hydrogens (tertiary/aromatic N) is 1. The van der Waals surface area contributed by atoms with Gasteiger partial charge in [-0.2, -0.15) is 0 Å². The van der Waals surface area contributed by atoms with Crippen LogP contribution >= 0.6 is 0 Å². The summed E-state index contributed by atoms with van der Waals surface area (Å²) in [4.78, 5) is 2.61. The summed E-state index contributed by atoms with van der Waals surface area (Å²) in [6.45, 7) is 0.941. The Labute approximate surface area is 113 Å². The maximum atomic E-state index is 6.12. The predicted molar refractivity (Wildman–Crippen MR) is 75.8 cm³/mol. The number of hydrogen-bond donors (Lipinski definition) is 1. The number of piperidine rings is 1. The molecule has 2 saturated heterocycles. The average molecular weight is 256 g/mol. The summed E-state index contributed by atoms with van der Waals surface area (Å²) in [5.74, 6) is 1.09. The van der Waals surface area contributed by atoms with Crippen LogP contribution in [0.5, 0.6) is 0 Å². The third-order valence-corrected chi connectivity index (χ3v) is 4.74. The highest BCUT2D eigenvalue weighted by atomic mass is 16.3. The van der Waals surface area contributed by atoms with Gasteiger partial charge in [-0.3, -0.25) is 4.90 Å². The quantitative estimate of drug-likeness (QED) is 0.898. The lowest BCUT2D eigenvalue weighted by molar-refractivity contribution is 0.112. The highest BCUT2D eigenvalue weighted by Crippen LogP contribution is 2.36. The lowest BCUT2D eigenvalue weighted by atomic mass is 9.98. The van der Waals surface area contributed by atoms with Crippen LogP contribution in [-0.4, -0.2) is 23.0 Å². The maximum Gasteiger partial charge on any atom is 0.134 e. The van der Waals surface area contributed by atoms with Crippen molar-refractivity contribution >= 4 is 11.0 Å². The van der Waals surface area contributed by atoms with Gasteiger partial charge in [-0.1, -0.05) is 18.2 Å². The van der Waals surface area contributed by atoms with Crippen molar-refractivity contribution in [2.75, 3.05) is 0 Å². The highest BCUT2D eigenvalue weighted by molar-refractivity contribution is 5.77.